The smallest absolute Gasteiger partial charge is 0.227 e. The van der Waals surface area contributed by atoms with Crippen molar-refractivity contribution >= 4 is 9.84 Å². The molecule has 0 N–H and O–H groups in total. The van der Waals surface area contributed by atoms with E-state index in [2.05, 4.69) is 23.7 Å². The van der Waals surface area contributed by atoms with Gasteiger partial charge in [0.05, 0.1) is 11.9 Å². The van der Waals surface area contributed by atoms with Gasteiger partial charge in [0.2, 0.25) is 15.0 Å². The van der Waals surface area contributed by atoms with E-state index in [-0.39, 0.29) is 5.16 Å². The summed E-state index contributed by atoms with van der Waals surface area (Å²) in [6.07, 6.45) is 8.31. The maximum atomic E-state index is 12.0. The molecule has 3 rings (SSSR count). The largest absolute Gasteiger partial charge is 0.317 e. The van der Waals surface area contributed by atoms with Gasteiger partial charge in [-0.2, -0.15) is 0 Å². The second-order valence-corrected chi connectivity index (χ2v) is 9.33. The van der Waals surface area contributed by atoms with Crippen LogP contribution >= 0.6 is 0 Å². The zero-order valence-corrected chi connectivity index (χ0v) is 14.6. The van der Waals surface area contributed by atoms with Crippen LogP contribution in [0.2, 0.25) is 0 Å². The zero-order valence-electron chi connectivity index (χ0n) is 13.8. The predicted octanol–water partition coefficient (Wildman–Crippen LogP) is 2.32. The molecule has 0 radical (unpaired) electrons. The standard InChI is InChI=1S/C16H27N3O2S/c1-12(2)9-19-15(8-17-16(19)22(3,20)21)11-18-10-13-5-4-6-14(18)7-13/h8,12-14H,4-7,9-11H2,1-3H3/t13-,14+/m1/s1. The van der Waals surface area contributed by atoms with E-state index in [0.29, 0.717) is 18.5 Å². The lowest BCUT2D eigenvalue weighted by Crippen LogP contribution is -2.30. The first-order valence-electron chi connectivity index (χ1n) is 8.33. The molecule has 0 unspecified atom stereocenters. The minimum absolute atomic E-state index is 0.221. The molecule has 1 saturated heterocycles. The molecule has 2 atom stereocenters. The average molecular weight is 325 g/mol. The molecule has 1 aromatic rings. The summed E-state index contributed by atoms with van der Waals surface area (Å²) >= 11 is 0. The predicted molar refractivity (Wildman–Crippen MR) is 86.3 cm³/mol. The molecular weight excluding hydrogens is 298 g/mol. The highest BCUT2D eigenvalue weighted by molar-refractivity contribution is 7.90. The van der Waals surface area contributed by atoms with Crippen molar-refractivity contribution in [2.24, 2.45) is 11.8 Å². The topological polar surface area (TPSA) is 55.2 Å². The highest BCUT2D eigenvalue weighted by atomic mass is 32.2. The van der Waals surface area contributed by atoms with Crippen LogP contribution < -0.4 is 0 Å². The highest BCUT2D eigenvalue weighted by Crippen LogP contribution is 2.36. The van der Waals surface area contributed by atoms with Crippen LogP contribution in [0, 0.1) is 11.8 Å². The molecule has 1 aliphatic carbocycles. The van der Waals surface area contributed by atoms with Crippen molar-refractivity contribution in [1.29, 1.82) is 0 Å². The van der Waals surface area contributed by atoms with Crippen molar-refractivity contribution in [2.75, 3.05) is 12.8 Å². The van der Waals surface area contributed by atoms with Gasteiger partial charge >= 0.3 is 0 Å². The zero-order chi connectivity index (χ0) is 15.9. The van der Waals surface area contributed by atoms with Gasteiger partial charge in [-0.25, -0.2) is 13.4 Å². The van der Waals surface area contributed by atoms with Crippen LogP contribution in [0.4, 0.5) is 0 Å². The SMILES string of the molecule is CC(C)Cn1c(CN2C[C@@H]3CCC[C@H]2C3)cnc1S(C)(=O)=O. The number of nitrogens with zero attached hydrogens (tertiary/aromatic N) is 3. The Morgan fingerprint density at radius 1 is 1.36 bits per heavy atom. The van der Waals surface area contributed by atoms with Gasteiger partial charge in [-0.15, -0.1) is 0 Å². The Morgan fingerprint density at radius 3 is 2.77 bits per heavy atom. The summed E-state index contributed by atoms with van der Waals surface area (Å²) in [6, 6.07) is 0.683. The minimum Gasteiger partial charge on any atom is -0.317 e. The van der Waals surface area contributed by atoms with Crippen LogP contribution in [0.25, 0.3) is 0 Å². The fraction of sp³-hybridized carbons (Fsp3) is 0.812. The van der Waals surface area contributed by atoms with Crippen molar-refractivity contribution in [3.63, 3.8) is 0 Å². The first-order chi connectivity index (χ1) is 10.3. The summed E-state index contributed by atoms with van der Waals surface area (Å²) in [7, 11) is -3.28. The van der Waals surface area contributed by atoms with Gasteiger partial charge in [0, 0.05) is 31.9 Å². The molecule has 2 heterocycles. The molecule has 0 aromatic carbocycles. The van der Waals surface area contributed by atoms with Crippen LogP contribution in [0.1, 0.15) is 45.2 Å². The molecule has 22 heavy (non-hydrogen) atoms. The Bertz CT molecular complexity index is 636. The number of fused-ring (bicyclic) bond motifs is 2. The Morgan fingerprint density at radius 2 is 2.14 bits per heavy atom. The quantitative estimate of drug-likeness (QED) is 0.834. The van der Waals surface area contributed by atoms with E-state index in [0.717, 1.165) is 24.7 Å². The summed E-state index contributed by atoms with van der Waals surface area (Å²) in [4.78, 5) is 6.76. The van der Waals surface area contributed by atoms with Crippen LogP contribution in [-0.4, -0.2) is 41.7 Å². The molecule has 1 saturated carbocycles. The van der Waals surface area contributed by atoms with Crippen molar-refractivity contribution in [3.8, 4) is 0 Å². The van der Waals surface area contributed by atoms with Crippen molar-refractivity contribution in [2.45, 2.75) is 63.8 Å². The maximum Gasteiger partial charge on any atom is 0.227 e. The second kappa shape index (κ2) is 5.96. The molecule has 124 valence electrons. The van der Waals surface area contributed by atoms with Gasteiger partial charge in [-0.1, -0.05) is 20.3 Å². The lowest BCUT2D eigenvalue weighted by Gasteiger charge is -2.25. The van der Waals surface area contributed by atoms with Crippen LogP contribution in [0.3, 0.4) is 0 Å². The number of rotatable bonds is 5. The van der Waals surface area contributed by atoms with E-state index in [1.54, 1.807) is 6.20 Å². The van der Waals surface area contributed by atoms with Crippen LogP contribution in [-0.2, 0) is 22.9 Å². The molecule has 6 heteroatoms. The van der Waals surface area contributed by atoms with Crippen molar-refractivity contribution in [1.82, 2.24) is 14.5 Å². The Labute approximate surface area is 133 Å². The normalized spacial score (nSPS) is 26.0. The molecular formula is C16H27N3O2S. The maximum absolute atomic E-state index is 12.0. The third kappa shape index (κ3) is 3.23. The summed E-state index contributed by atoms with van der Waals surface area (Å²) in [5.41, 5.74) is 1.04. The van der Waals surface area contributed by atoms with Gasteiger partial charge in [-0.3, -0.25) is 4.90 Å². The highest BCUT2D eigenvalue weighted by Gasteiger charge is 2.35. The molecule has 1 aromatic heterocycles. The van der Waals surface area contributed by atoms with E-state index >= 15 is 0 Å². The Kier molecular flexibility index (Phi) is 4.34. The molecule has 0 spiro atoms. The van der Waals surface area contributed by atoms with Gasteiger partial charge in [0.25, 0.3) is 0 Å². The molecule has 5 nitrogen and oxygen atoms in total. The summed E-state index contributed by atoms with van der Waals surface area (Å²) in [6.45, 7) is 6.92. The first-order valence-corrected chi connectivity index (χ1v) is 10.2. The average Bonchev–Trinajstić information content (AvgIpc) is 2.91. The minimum atomic E-state index is -3.28. The Balaban J connectivity index is 1.85. The van der Waals surface area contributed by atoms with Crippen LogP contribution in [0.15, 0.2) is 11.4 Å². The lowest BCUT2D eigenvalue weighted by atomic mass is 9.90. The van der Waals surface area contributed by atoms with Gasteiger partial charge in [0.15, 0.2) is 0 Å². The lowest BCUT2D eigenvalue weighted by molar-refractivity contribution is 0.229. The third-order valence-electron chi connectivity index (χ3n) is 4.91. The molecule has 0 amide bonds. The van der Waals surface area contributed by atoms with Gasteiger partial charge < -0.3 is 4.57 Å². The number of hydrogen-bond donors (Lipinski definition) is 0. The van der Waals surface area contributed by atoms with E-state index in [4.69, 9.17) is 0 Å². The van der Waals surface area contributed by atoms with E-state index < -0.39 is 9.84 Å². The van der Waals surface area contributed by atoms with Gasteiger partial charge in [-0.05, 0) is 31.1 Å². The fourth-order valence-electron chi connectivity index (χ4n) is 4.02. The number of aromatic nitrogens is 2. The van der Waals surface area contributed by atoms with Crippen LogP contribution in [0.5, 0.6) is 0 Å². The first kappa shape index (κ1) is 16.0. The molecule has 2 fully saturated rings. The van der Waals surface area contributed by atoms with Gasteiger partial charge in [0.1, 0.15) is 0 Å². The van der Waals surface area contributed by atoms with E-state index in [1.807, 2.05) is 4.57 Å². The van der Waals surface area contributed by atoms with E-state index in [1.165, 1.54) is 31.9 Å². The number of hydrogen-bond acceptors (Lipinski definition) is 4. The van der Waals surface area contributed by atoms with Crippen molar-refractivity contribution < 1.29 is 8.42 Å². The third-order valence-corrected chi connectivity index (χ3v) is 5.90. The summed E-state index contributed by atoms with van der Waals surface area (Å²) in [5, 5.41) is 0.221. The Hall–Kier alpha value is -0.880. The number of imidazole rings is 1. The summed E-state index contributed by atoms with van der Waals surface area (Å²) in [5.74, 6) is 1.24. The van der Waals surface area contributed by atoms with Crippen molar-refractivity contribution in [3.05, 3.63) is 11.9 Å². The second-order valence-electron chi connectivity index (χ2n) is 7.42. The molecule has 2 bridgehead atoms. The molecule has 1 aliphatic heterocycles. The fourth-order valence-corrected chi connectivity index (χ4v) is 4.85. The monoisotopic (exact) mass is 325 g/mol. The van der Waals surface area contributed by atoms with E-state index in [9.17, 15) is 8.42 Å². The number of likely N-dealkylation sites (tertiary alicyclic amines) is 1. The summed E-state index contributed by atoms with van der Waals surface area (Å²) < 4.78 is 25.9. The molecule has 2 aliphatic rings. The number of sulfone groups is 1.